The minimum Gasteiger partial charge on any atom is -0.348 e. The van der Waals surface area contributed by atoms with Crippen molar-refractivity contribution in [3.05, 3.63) is 39.7 Å². The summed E-state index contributed by atoms with van der Waals surface area (Å²) < 4.78 is 37.6. The van der Waals surface area contributed by atoms with E-state index >= 15 is 0 Å². The number of fused-ring (bicyclic) bond motifs is 1. The van der Waals surface area contributed by atoms with Crippen molar-refractivity contribution in [3.63, 3.8) is 0 Å². The standard InChI is InChI=1S/C15H14N2O4S3/c1-15(2)12-11(17-14(21-15)24(18,19)20)4-3-10(13(12)22)8-5-9(6-16)23-7-8/h3-5,7,12,14,17H,1-2H3,(H,18,19,20). The van der Waals surface area contributed by atoms with Gasteiger partial charge in [0.2, 0.25) is 0 Å². The van der Waals surface area contributed by atoms with Crippen molar-refractivity contribution in [1.29, 1.82) is 5.26 Å². The summed E-state index contributed by atoms with van der Waals surface area (Å²) in [4.78, 5) is 1.19. The van der Waals surface area contributed by atoms with Crippen molar-refractivity contribution in [2.24, 2.45) is 5.92 Å². The molecule has 0 spiro atoms. The molecule has 0 radical (unpaired) electrons. The third-order valence-electron chi connectivity index (χ3n) is 3.95. The summed E-state index contributed by atoms with van der Waals surface area (Å²) in [6.07, 6.45) is 3.52. The van der Waals surface area contributed by atoms with Crippen LogP contribution in [0.3, 0.4) is 0 Å². The van der Waals surface area contributed by atoms with Crippen LogP contribution >= 0.6 is 23.6 Å². The Morgan fingerprint density at radius 2 is 2.17 bits per heavy atom. The van der Waals surface area contributed by atoms with Crippen molar-refractivity contribution < 1.29 is 17.7 Å². The van der Waals surface area contributed by atoms with Crippen LogP contribution in [-0.4, -0.2) is 29.0 Å². The molecule has 1 aromatic heterocycles. The molecular formula is C15H14N2O4S3. The molecule has 2 aliphatic rings. The molecule has 2 heterocycles. The molecular weight excluding hydrogens is 368 g/mol. The van der Waals surface area contributed by atoms with Crippen LogP contribution in [0.1, 0.15) is 24.3 Å². The van der Waals surface area contributed by atoms with Gasteiger partial charge < -0.3 is 10.1 Å². The number of allylic oxidation sites excluding steroid dienone is 3. The normalized spacial score (nSPS) is 25.8. The van der Waals surface area contributed by atoms with E-state index in [2.05, 4.69) is 11.4 Å². The summed E-state index contributed by atoms with van der Waals surface area (Å²) in [6, 6.07) is 3.87. The van der Waals surface area contributed by atoms with E-state index in [0.29, 0.717) is 15.4 Å². The monoisotopic (exact) mass is 382 g/mol. The molecule has 1 aliphatic carbocycles. The summed E-state index contributed by atoms with van der Waals surface area (Å²) >= 11 is 6.95. The van der Waals surface area contributed by atoms with Gasteiger partial charge in [0.15, 0.2) is 0 Å². The van der Waals surface area contributed by atoms with Crippen molar-refractivity contribution in [2.45, 2.75) is 25.0 Å². The van der Waals surface area contributed by atoms with Crippen LogP contribution in [0.4, 0.5) is 0 Å². The second-order valence-corrected chi connectivity index (χ2v) is 8.83. The minimum atomic E-state index is -4.40. The van der Waals surface area contributed by atoms with Crippen molar-refractivity contribution in [3.8, 4) is 6.07 Å². The SMILES string of the molecule is CC1(C)OC(S(=O)(=O)O)NC2=CC=C(c3csc(C#N)c3)C(=S)C21. The van der Waals surface area contributed by atoms with E-state index < -0.39 is 21.3 Å². The number of rotatable bonds is 2. The van der Waals surface area contributed by atoms with Crippen LogP contribution in [0.2, 0.25) is 0 Å². The van der Waals surface area contributed by atoms with Crippen molar-refractivity contribution in [1.82, 2.24) is 5.32 Å². The summed E-state index contributed by atoms with van der Waals surface area (Å²) in [7, 11) is -4.40. The number of nitrogens with zero attached hydrogens (tertiary/aromatic N) is 1. The second kappa shape index (κ2) is 5.75. The highest BCUT2D eigenvalue weighted by Crippen LogP contribution is 2.41. The predicted octanol–water partition coefficient (Wildman–Crippen LogP) is 2.46. The number of hydrogen-bond acceptors (Lipinski definition) is 7. The van der Waals surface area contributed by atoms with Crippen LogP contribution in [0.15, 0.2) is 29.3 Å². The highest BCUT2D eigenvalue weighted by atomic mass is 32.2. The number of thiophene rings is 1. The Bertz CT molecular complexity index is 919. The molecule has 2 atom stereocenters. The van der Waals surface area contributed by atoms with E-state index in [1.165, 1.54) is 11.3 Å². The van der Waals surface area contributed by atoms with Crippen LogP contribution in [0, 0.1) is 17.2 Å². The van der Waals surface area contributed by atoms with Crippen LogP contribution < -0.4 is 5.32 Å². The number of thiocarbonyl (C=S) groups is 1. The zero-order valence-corrected chi connectivity index (χ0v) is 15.3. The fraction of sp³-hybridized carbons (Fsp3) is 0.333. The Morgan fingerprint density at radius 3 is 2.75 bits per heavy atom. The molecule has 1 aliphatic heterocycles. The van der Waals surface area contributed by atoms with E-state index in [0.717, 1.165) is 11.1 Å². The van der Waals surface area contributed by atoms with E-state index in [4.69, 9.17) is 22.2 Å². The zero-order valence-electron chi connectivity index (χ0n) is 12.8. The first kappa shape index (κ1) is 17.3. The summed E-state index contributed by atoms with van der Waals surface area (Å²) in [5, 5.41) is 13.5. The molecule has 9 heteroatoms. The van der Waals surface area contributed by atoms with E-state index in [1.807, 2.05) is 5.38 Å². The molecule has 2 unspecified atom stereocenters. The largest absolute Gasteiger partial charge is 0.348 e. The van der Waals surface area contributed by atoms with Gasteiger partial charge in [-0.3, -0.25) is 4.55 Å². The molecule has 24 heavy (non-hydrogen) atoms. The lowest BCUT2D eigenvalue weighted by Gasteiger charge is -2.45. The topological polar surface area (TPSA) is 99.4 Å². The molecule has 1 saturated heterocycles. The van der Waals surface area contributed by atoms with E-state index in [9.17, 15) is 13.0 Å². The molecule has 0 amide bonds. The molecule has 6 nitrogen and oxygen atoms in total. The second-order valence-electron chi connectivity index (χ2n) is 6.02. The molecule has 1 fully saturated rings. The highest BCUT2D eigenvalue weighted by Gasteiger charge is 2.48. The number of nitrogens with one attached hydrogen (secondary N) is 1. The Kier molecular flexibility index (Phi) is 4.14. The van der Waals surface area contributed by atoms with Gasteiger partial charge in [-0.25, -0.2) is 0 Å². The lowest BCUT2D eigenvalue weighted by atomic mass is 9.77. The lowest BCUT2D eigenvalue weighted by molar-refractivity contribution is -0.0858. The van der Waals surface area contributed by atoms with Crippen molar-refractivity contribution in [2.75, 3.05) is 0 Å². The van der Waals surface area contributed by atoms with E-state index in [-0.39, 0.29) is 5.92 Å². The van der Waals surface area contributed by atoms with Gasteiger partial charge in [0, 0.05) is 10.6 Å². The fourth-order valence-corrected chi connectivity index (χ4v) is 4.84. The summed E-state index contributed by atoms with van der Waals surface area (Å²) in [5.41, 5.74) is -0.218. The quantitative estimate of drug-likeness (QED) is 0.599. The zero-order chi connectivity index (χ0) is 17.7. The van der Waals surface area contributed by atoms with Gasteiger partial charge in [-0.15, -0.1) is 11.3 Å². The first-order chi connectivity index (χ1) is 11.1. The van der Waals surface area contributed by atoms with Crippen LogP contribution in [0.5, 0.6) is 0 Å². The maximum Gasteiger partial charge on any atom is 0.312 e. The summed E-state index contributed by atoms with van der Waals surface area (Å²) in [6.45, 7) is 3.46. The van der Waals surface area contributed by atoms with Gasteiger partial charge >= 0.3 is 10.1 Å². The third-order valence-corrected chi connectivity index (χ3v) is 6.00. The molecule has 0 aromatic carbocycles. The first-order valence-corrected chi connectivity index (χ1v) is 9.78. The molecule has 3 rings (SSSR count). The van der Waals surface area contributed by atoms with Gasteiger partial charge in [0.1, 0.15) is 10.9 Å². The van der Waals surface area contributed by atoms with Crippen LogP contribution in [0.25, 0.3) is 5.57 Å². The summed E-state index contributed by atoms with van der Waals surface area (Å²) in [5.74, 6) is -0.365. The molecule has 0 saturated carbocycles. The lowest BCUT2D eigenvalue weighted by Crippen LogP contribution is -2.57. The Hall–Kier alpha value is -1.57. The Labute approximate surface area is 149 Å². The fourth-order valence-electron chi connectivity index (χ4n) is 2.89. The van der Waals surface area contributed by atoms with Gasteiger partial charge in [-0.2, -0.15) is 13.7 Å². The maximum absolute atomic E-state index is 11.4. The number of nitriles is 1. The van der Waals surface area contributed by atoms with Gasteiger partial charge in [-0.1, -0.05) is 18.3 Å². The Morgan fingerprint density at radius 1 is 1.46 bits per heavy atom. The van der Waals surface area contributed by atoms with E-state index in [1.54, 1.807) is 32.1 Å². The molecule has 1 aromatic rings. The number of hydrogen-bond donors (Lipinski definition) is 2. The first-order valence-electron chi connectivity index (χ1n) is 6.99. The van der Waals surface area contributed by atoms with Crippen LogP contribution in [-0.2, 0) is 14.9 Å². The minimum absolute atomic E-state index is 0.365. The maximum atomic E-state index is 11.4. The average Bonchev–Trinajstić information content (AvgIpc) is 2.93. The average molecular weight is 382 g/mol. The number of ether oxygens (including phenoxy) is 1. The molecule has 0 bridgehead atoms. The Balaban J connectivity index is 2.03. The van der Waals surface area contributed by atoms with Crippen molar-refractivity contribution >= 4 is 44.1 Å². The van der Waals surface area contributed by atoms with Gasteiger partial charge in [0.25, 0.3) is 5.56 Å². The predicted molar refractivity (Wildman–Crippen MR) is 94.8 cm³/mol. The molecule has 126 valence electrons. The smallest absolute Gasteiger partial charge is 0.312 e. The van der Waals surface area contributed by atoms with Gasteiger partial charge in [0.05, 0.1) is 11.5 Å². The highest BCUT2D eigenvalue weighted by molar-refractivity contribution is 7.86. The molecule has 2 N–H and O–H groups in total. The third kappa shape index (κ3) is 2.92. The van der Waals surface area contributed by atoms with Gasteiger partial charge in [-0.05, 0) is 42.5 Å².